The SMILES string of the molecule is CNC(C)c1ccc(OCc2ccc(Cl)c(F)c2)c(Cl)c1. The number of nitrogens with one attached hydrogen (secondary N) is 1. The molecule has 2 aromatic carbocycles. The molecule has 1 atom stereocenters. The summed E-state index contributed by atoms with van der Waals surface area (Å²) in [6.07, 6.45) is 0. The number of hydrogen-bond donors (Lipinski definition) is 1. The molecule has 0 aliphatic rings. The molecule has 0 bridgehead atoms. The second kappa shape index (κ2) is 7.12. The first-order valence-electron chi connectivity index (χ1n) is 6.54. The second-order valence-corrected chi connectivity index (χ2v) is 5.55. The van der Waals surface area contributed by atoms with Gasteiger partial charge in [0.15, 0.2) is 0 Å². The predicted molar refractivity (Wildman–Crippen MR) is 84.7 cm³/mol. The van der Waals surface area contributed by atoms with Gasteiger partial charge in [-0.1, -0.05) is 35.3 Å². The summed E-state index contributed by atoms with van der Waals surface area (Å²) >= 11 is 11.8. The lowest BCUT2D eigenvalue weighted by atomic mass is 10.1. The van der Waals surface area contributed by atoms with E-state index in [4.69, 9.17) is 27.9 Å². The number of hydrogen-bond acceptors (Lipinski definition) is 2. The van der Waals surface area contributed by atoms with Crippen molar-refractivity contribution in [3.63, 3.8) is 0 Å². The Morgan fingerprint density at radius 2 is 1.90 bits per heavy atom. The van der Waals surface area contributed by atoms with Gasteiger partial charge in [0.1, 0.15) is 18.2 Å². The van der Waals surface area contributed by atoms with Gasteiger partial charge in [0.05, 0.1) is 10.0 Å². The minimum Gasteiger partial charge on any atom is -0.487 e. The molecular weight excluding hydrogens is 312 g/mol. The molecule has 0 aromatic heterocycles. The van der Waals surface area contributed by atoms with Crippen LogP contribution < -0.4 is 10.1 Å². The topological polar surface area (TPSA) is 21.3 Å². The van der Waals surface area contributed by atoms with Crippen molar-refractivity contribution in [3.05, 3.63) is 63.4 Å². The molecule has 0 aliphatic carbocycles. The van der Waals surface area contributed by atoms with E-state index in [1.54, 1.807) is 6.07 Å². The molecular formula is C16H16Cl2FNO. The minimum atomic E-state index is -0.456. The van der Waals surface area contributed by atoms with Crippen molar-refractivity contribution in [1.82, 2.24) is 5.32 Å². The van der Waals surface area contributed by atoms with Crippen LogP contribution in [0, 0.1) is 5.82 Å². The first kappa shape index (κ1) is 16.1. The molecule has 0 heterocycles. The summed E-state index contributed by atoms with van der Waals surface area (Å²) in [4.78, 5) is 0. The van der Waals surface area contributed by atoms with E-state index < -0.39 is 5.82 Å². The molecule has 0 aliphatic heterocycles. The van der Waals surface area contributed by atoms with Crippen molar-refractivity contribution in [2.75, 3.05) is 7.05 Å². The molecule has 0 spiro atoms. The Kier molecular flexibility index (Phi) is 5.45. The van der Waals surface area contributed by atoms with E-state index in [0.29, 0.717) is 16.3 Å². The summed E-state index contributed by atoms with van der Waals surface area (Å²) in [7, 11) is 1.89. The van der Waals surface area contributed by atoms with E-state index in [-0.39, 0.29) is 17.7 Å². The van der Waals surface area contributed by atoms with Gasteiger partial charge in [-0.3, -0.25) is 0 Å². The van der Waals surface area contributed by atoms with Crippen LogP contribution in [-0.4, -0.2) is 7.05 Å². The summed E-state index contributed by atoms with van der Waals surface area (Å²) in [5, 5.41) is 3.77. The fraction of sp³-hybridized carbons (Fsp3) is 0.250. The molecule has 112 valence electrons. The summed E-state index contributed by atoms with van der Waals surface area (Å²) < 4.78 is 19.0. The maximum Gasteiger partial charge on any atom is 0.142 e. The lowest BCUT2D eigenvalue weighted by molar-refractivity contribution is 0.305. The van der Waals surface area contributed by atoms with Crippen molar-refractivity contribution in [3.8, 4) is 5.75 Å². The van der Waals surface area contributed by atoms with Gasteiger partial charge >= 0.3 is 0 Å². The normalized spacial score (nSPS) is 12.2. The van der Waals surface area contributed by atoms with Crippen LogP contribution in [0.1, 0.15) is 24.1 Å². The van der Waals surface area contributed by atoms with Crippen LogP contribution in [0.15, 0.2) is 36.4 Å². The minimum absolute atomic E-state index is 0.0992. The van der Waals surface area contributed by atoms with Gasteiger partial charge in [-0.2, -0.15) is 0 Å². The van der Waals surface area contributed by atoms with Crippen molar-refractivity contribution >= 4 is 23.2 Å². The Labute approximate surface area is 133 Å². The van der Waals surface area contributed by atoms with E-state index in [2.05, 4.69) is 5.32 Å². The van der Waals surface area contributed by atoms with Gasteiger partial charge in [-0.25, -0.2) is 4.39 Å². The Bertz CT molecular complexity index is 634. The fourth-order valence-electron chi connectivity index (χ4n) is 1.86. The Morgan fingerprint density at radius 3 is 2.52 bits per heavy atom. The van der Waals surface area contributed by atoms with E-state index in [1.165, 1.54) is 12.1 Å². The molecule has 5 heteroatoms. The molecule has 1 N–H and O–H groups in total. The van der Waals surface area contributed by atoms with Gasteiger partial charge in [0, 0.05) is 6.04 Å². The van der Waals surface area contributed by atoms with Crippen molar-refractivity contribution in [2.24, 2.45) is 0 Å². The lowest BCUT2D eigenvalue weighted by Crippen LogP contribution is -2.12. The molecule has 2 aromatic rings. The maximum absolute atomic E-state index is 13.3. The third kappa shape index (κ3) is 4.10. The number of ether oxygens (including phenoxy) is 1. The highest BCUT2D eigenvalue weighted by Crippen LogP contribution is 2.28. The Hall–Kier alpha value is -1.29. The third-order valence-electron chi connectivity index (χ3n) is 3.27. The summed E-state index contributed by atoms with van der Waals surface area (Å²) in [6, 6.07) is 10.4. The van der Waals surface area contributed by atoms with Crippen LogP contribution in [0.3, 0.4) is 0 Å². The number of benzene rings is 2. The fourth-order valence-corrected chi connectivity index (χ4v) is 2.22. The van der Waals surface area contributed by atoms with Gasteiger partial charge < -0.3 is 10.1 Å². The largest absolute Gasteiger partial charge is 0.487 e. The zero-order chi connectivity index (χ0) is 15.4. The van der Waals surface area contributed by atoms with Gasteiger partial charge in [-0.05, 0) is 49.4 Å². The van der Waals surface area contributed by atoms with E-state index in [0.717, 1.165) is 5.56 Å². The highest BCUT2D eigenvalue weighted by Gasteiger charge is 2.08. The van der Waals surface area contributed by atoms with Crippen molar-refractivity contribution in [2.45, 2.75) is 19.6 Å². The lowest BCUT2D eigenvalue weighted by Gasteiger charge is -2.13. The van der Waals surface area contributed by atoms with Gasteiger partial charge in [-0.15, -0.1) is 0 Å². The number of halogens is 3. The molecule has 0 saturated heterocycles. The Morgan fingerprint density at radius 1 is 1.14 bits per heavy atom. The predicted octanol–water partition coefficient (Wildman–Crippen LogP) is 4.99. The van der Waals surface area contributed by atoms with Crippen LogP contribution in [0.5, 0.6) is 5.75 Å². The first-order valence-corrected chi connectivity index (χ1v) is 7.30. The number of rotatable bonds is 5. The average molecular weight is 328 g/mol. The Balaban J connectivity index is 2.07. The zero-order valence-corrected chi connectivity index (χ0v) is 13.3. The van der Waals surface area contributed by atoms with Crippen molar-refractivity contribution < 1.29 is 9.13 Å². The maximum atomic E-state index is 13.3. The quantitative estimate of drug-likeness (QED) is 0.835. The van der Waals surface area contributed by atoms with Gasteiger partial charge in [0.2, 0.25) is 0 Å². The van der Waals surface area contributed by atoms with Crippen LogP contribution in [0.2, 0.25) is 10.0 Å². The molecule has 2 nitrogen and oxygen atoms in total. The highest BCUT2D eigenvalue weighted by atomic mass is 35.5. The average Bonchev–Trinajstić information content (AvgIpc) is 2.48. The molecule has 0 fully saturated rings. The molecule has 2 rings (SSSR count). The standard InChI is InChI=1S/C16H16Cl2FNO/c1-10(20-2)12-4-6-16(14(18)8-12)21-9-11-3-5-13(17)15(19)7-11/h3-8,10,20H,9H2,1-2H3. The first-order chi connectivity index (χ1) is 10.0. The molecule has 21 heavy (non-hydrogen) atoms. The van der Waals surface area contributed by atoms with Crippen LogP contribution in [0.4, 0.5) is 4.39 Å². The summed E-state index contributed by atoms with van der Waals surface area (Å²) in [5.41, 5.74) is 1.77. The van der Waals surface area contributed by atoms with E-state index in [1.807, 2.05) is 32.2 Å². The van der Waals surface area contributed by atoms with Crippen LogP contribution in [0.25, 0.3) is 0 Å². The van der Waals surface area contributed by atoms with E-state index in [9.17, 15) is 4.39 Å². The highest BCUT2D eigenvalue weighted by molar-refractivity contribution is 6.32. The van der Waals surface area contributed by atoms with Crippen LogP contribution >= 0.6 is 23.2 Å². The second-order valence-electron chi connectivity index (χ2n) is 4.74. The van der Waals surface area contributed by atoms with Crippen molar-refractivity contribution in [1.29, 1.82) is 0 Å². The molecule has 0 radical (unpaired) electrons. The van der Waals surface area contributed by atoms with Crippen LogP contribution in [-0.2, 0) is 6.61 Å². The molecule has 0 saturated carbocycles. The summed E-state index contributed by atoms with van der Waals surface area (Å²) in [6.45, 7) is 2.28. The smallest absolute Gasteiger partial charge is 0.142 e. The van der Waals surface area contributed by atoms with E-state index >= 15 is 0 Å². The zero-order valence-electron chi connectivity index (χ0n) is 11.8. The van der Waals surface area contributed by atoms with Gasteiger partial charge in [0.25, 0.3) is 0 Å². The molecule has 1 unspecified atom stereocenters. The summed E-state index contributed by atoms with van der Waals surface area (Å²) in [5.74, 6) is 0.112. The third-order valence-corrected chi connectivity index (χ3v) is 3.87. The monoisotopic (exact) mass is 327 g/mol. The molecule has 0 amide bonds.